The fraction of sp³-hybridized carbons (Fsp3) is 0.300. The highest BCUT2D eigenvalue weighted by molar-refractivity contribution is 9.10. The van der Waals surface area contributed by atoms with Crippen LogP contribution in [0.4, 0.5) is 10.1 Å². The van der Waals surface area contributed by atoms with Crippen LogP contribution in [0.2, 0.25) is 0 Å². The number of rotatable bonds is 5. The van der Waals surface area contributed by atoms with Gasteiger partial charge < -0.3 is 11.1 Å². The summed E-state index contributed by atoms with van der Waals surface area (Å²) in [4.78, 5) is 11.8. The number of hydrogen-bond acceptors (Lipinski definition) is 4. The zero-order valence-electron chi connectivity index (χ0n) is 10.0. The fourth-order valence-corrected chi connectivity index (χ4v) is 2.31. The monoisotopic (exact) mass is 353 g/mol. The quantitative estimate of drug-likeness (QED) is 0.669. The van der Waals surface area contributed by atoms with Gasteiger partial charge in [0.1, 0.15) is 5.82 Å². The Morgan fingerprint density at radius 1 is 1.47 bits per heavy atom. The van der Waals surface area contributed by atoms with Gasteiger partial charge in [-0.1, -0.05) is 0 Å². The number of halogens is 2. The van der Waals surface area contributed by atoms with E-state index in [0.29, 0.717) is 0 Å². The molecule has 6 nitrogen and oxygen atoms in total. The number of nitrogens with one attached hydrogen (secondary N) is 2. The summed E-state index contributed by atoms with van der Waals surface area (Å²) in [7, 11) is -2.10. The molecule has 0 aromatic heterocycles. The Balaban J connectivity index is 2.72. The minimum absolute atomic E-state index is 0.0638. The summed E-state index contributed by atoms with van der Waals surface area (Å²) in [6.45, 7) is -0.0638. The highest BCUT2D eigenvalue weighted by Gasteiger charge is 2.14. The van der Waals surface area contributed by atoms with E-state index in [4.69, 9.17) is 5.73 Å². The standard InChI is InChI=1S/C10H13BrFN3O3S/c1-14-19(17,18)3-2-15-10(16)6-4-9(13)8(12)5-7(6)11/h4-5,14H,2-3,13H2,1H3,(H,15,16). The molecule has 0 aliphatic rings. The highest BCUT2D eigenvalue weighted by Crippen LogP contribution is 2.22. The average molecular weight is 354 g/mol. The van der Waals surface area contributed by atoms with Crippen LogP contribution in [-0.2, 0) is 10.0 Å². The molecule has 0 radical (unpaired) electrons. The number of hydrogen-bond donors (Lipinski definition) is 3. The molecule has 1 rings (SSSR count). The summed E-state index contributed by atoms with van der Waals surface area (Å²) in [6.07, 6.45) is 0. The van der Waals surface area contributed by atoms with Crippen molar-refractivity contribution >= 4 is 37.5 Å². The lowest BCUT2D eigenvalue weighted by molar-refractivity contribution is 0.0955. The van der Waals surface area contributed by atoms with Crippen molar-refractivity contribution in [2.75, 3.05) is 25.1 Å². The topological polar surface area (TPSA) is 101 Å². The van der Waals surface area contributed by atoms with E-state index in [-0.39, 0.29) is 28.0 Å². The second-order valence-electron chi connectivity index (χ2n) is 3.63. The van der Waals surface area contributed by atoms with E-state index in [2.05, 4.69) is 26.0 Å². The molecule has 0 spiro atoms. The molecule has 1 aromatic rings. The Hall–Kier alpha value is -1.19. The molecular weight excluding hydrogens is 341 g/mol. The smallest absolute Gasteiger partial charge is 0.252 e. The molecule has 1 amide bonds. The van der Waals surface area contributed by atoms with Crippen LogP contribution in [-0.4, -0.2) is 33.7 Å². The number of carbonyl (C=O) groups excluding carboxylic acids is 1. The molecule has 0 bridgehead atoms. The van der Waals surface area contributed by atoms with E-state index in [1.165, 1.54) is 13.1 Å². The van der Waals surface area contributed by atoms with Gasteiger partial charge in [0.2, 0.25) is 10.0 Å². The van der Waals surface area contributed by atoms with Crippen LogP contribution in [0, 0.1) is 5.82 Å². The van der Waals surface area contributed by atoms with Gasteiger partial charge in [-0.25, -0.2) is 17.5 Å². The van der Waals surface area contributed by atoms with Crippen molar-refractivity contribution in [3.8, 4) is 0 Å². The maximum Gasteiger partial charge on any atom is 0.252 e. The molecule has 0 aliphatic carbocycles. The van der Waals surface area contributed by atoms with Gasteiger partial charge in [0, 0.05) is 11.0 Å². The van der Waals surface area contributed by atoms with E-state index in [9.17, 15) is 17.6 Å². The van der Waals surface area contributed by atoms with E-state index >= 15 is 0 Å². The van der Waals surface area contributed by atoms with Crippen molar-refractivity contribution in [1.29, 1.82) is 0 Å². The fourth-order valence-electron chi connectivity index (χ4n) is 1.24. The van der Waals surface area contributed by atoms with Crippen LogP contribution in [0.5, 0.6) is 0 Å². The van der Waals surface area contributed by atoms with Crippen molar-refractivity contribution < 1.29 is 17.6 Å². The summed E-state index contributed by atoms with van der Waals surface area (Å²) < 4.78 is 37.8. The van der Waals surface area contributed by atoms with Gasteiger partial charge in [0.15, 0.2) is 0 Å². The van der Waals surface area contributed by atoms with Gasteiger partial charge >= 0.3 is 0 Å². The van der Waals surface area contributed by atoms with Crippen LogP contribution < -0.4 is 15.8 Å². The predicted molar refractivity (Wildman–Crippen MR) is 73.7 cm³/mol. The van der Waals surface area contributed by atoms with Gasteiger partial charge in [0.25, 0.3) is 5.91 Å². The van der Waals surface area contributed by atoms with Crippen LogP contribution in [0.15, 0.2) is 16.6 Å². The zero-order valence-corrected chi connectivity index (χ0v) is 12.4. The predicted octanol–water partition coefficient (Wildman–Crippen LogP) is 0.449. The molecule has 0 fully saturated rings. The van der Waals surface area contributed by atoms with Gasteiger partial charge in [-0.2, -0.15) is 0 Å². The lowest BCUT2D eigenvalue weighted by Crippen LogP contribution is -2.33. The minimum atomic E-state index is -3.38. The normalized spacial score (nSPS) is 11.3. The number of amides is 1. The Labute approximate surface area is 118 Å². The third-order valence-electron chi connectivity index (χ3n) is 2.30. The lowest BCUT2D eigenvalue weighted by Gasteiger charge is -2.08. The van der Waals surface area contributed by atoms with Gasteiger partial charge in [-0.3, -0.25) is 4.79 Å². The molecule has 9 heteroatoms. The van der Waals surface area contributed by atoms with Gasteiger partial charge in [0.05, 0.1) is 17.0 Å². The first-order valence-electron chi connectivity index (χ1n) is 5.21. The number of anilines is 1. The van der Waals surface area contributed by atoms with Crippen LogP contribution >= 0.6 is 15.9 Å². The Kier molecular flexibility index (Phi) is 5.27. The minimum Gasteiger partial charge on any atom is -0.396 e. The molecular formula is C10H13BrFN3O3S. The molecule has 1 aromatic carbocycles. The number of benzene rings is 1. The van der Waals surface area contributed by atoms with Crippen molar-refractivity contribution in [1.82, 2.24) is 10.0 Å². The number of carbonyl (C=O) groups is 1. The molecule has 0 aliphatic heterocycles. The number of sulfonamides is 1. The van der Waals surface area contributed by atoms with Gasteiger partial charge in [-0.05, 0) is 35.1 Å². The van der Waals surface area contributed by atoms with E-state index in [1.807, 2.05) is 0 Å². The largest absolute Gasteiger partial charge is 0.396 e. The lowest BCUT2D eigenvalue weighted by atomic mass is 10.2. The summed E-state index contributed by atoms with van der Waals surface area (Å²) in [5.41, 5.74) is 5.35. The van der Waals surface area contributed by atoms with Crippen molar-refractivity contribution in [3.05, 3.63) is 28.0 Å². The summed E-state index contributed by atoms with van der Waals surface area (Å²) in [6, 6.07) is 2.26. The molecule has 0 saturated heterocycles. The maximum atomic E-state index is 13.1. The summed E-state index contributed by atoms with van der Waals surface area (Å²) >= 11 is 3.04. The molecule has 4 N–H and O–H groups in total. The Morgan fingerprint density at radius 3 is 2.68 bits per heavy atom. The van der Waals surface area contributed by atoms with E-state index in [1.54, 1.807) is 0 Å². The van der Waals surface area contributed by atoms with Gasteiger partial charge in [-0.15, -0.1) is 0 Å². The van der Waals surface area contributed by atoms with Crippen molar-refractivity contribution in [2.45, 2.75) is 0 Å². The third kappa shape index (κ3) is 4.44. The van der Waals surface area contributed by atoms with Crippen molar-refractivity contribution in [2.24, 2.45) is 0 Å². The first kappa shape index (κ1) is 15.9. The summed E-state index contributed by atoms with van der Waals surface area (Å²) in [5, 5.41) is 2.41. The Morgan fingerprint density at radius 2 is 2.11 bits per heavy atom. The second-order valence-corrected chi connectivity index (χ2v) is 6.53. The van der Waals surface area contributed by atoms with E-state index < -0.39 is 21.7 Å². The van der Waals surface area contributed by atoms with E-state index in [0.717, 1.165) is 6.07 Å². The number of nitrogens with two attached hydrogens (primary N) is 1. The van der Waals surface area contributed by atoms with Crippen LogP contribution in [0.25, 0.3) is 0 Å². The molecule has 0 unspecified atom stereocenters. The molecule has 0 saturated carbocycles. The molecule has 0 heterocycles. The molecule has 19 heavy (non-hydrogen) atoms. The second kappa shape index (κ2) is 6.31. The zero-order chi connectivity index (χ0) is 14.6. The molecule has 106 valence electrons. The molecule has 0 atom stereocenters. The first-order valence-corrected chi connectivity index (χ1v) is 7.65. The summed E-state index contributed by atoms with van der Waals surface area (Å²) in [5.74, 6) is -1.42. The van der Waals surface area contributed by atoms with Crippen LogP contribution in [0.3, 0.4) is 0 Å². The first-order chi connectivity index (χ1) is 8.76. The number of nitrogen functional groups attached to an aromatic ring is 1. The third-order valence-corrected chi connectivity index (χ3v) is 4.32. The Bertz CT molecular complexity index is 592. The highest BCUT2D eigenvalue weighted by atomic mass is 79.9. The maximum absolute atomic E-state index is 13.1. The van der Waals surface area contributed by atoms with Crippen molar-refractivity contribution in [3.63, 3.8) is 0 Å². The van der Waals surface area contributed by atoms with Crippen LogP contribution in [0.1, 0.15) is 10.4 Å². The SMILES string of the molecule is CNS(=O)(=O)CCNC(=O)c1cc(N)c(F)cc1Br. The average Bonchev–Trinajstić information content (AvgIpc) is 2.33.